The van der Waals surface area contributed by atoms with Gasteiger partial charge in [-0.1, -0.05) is 11.3 Å². The van der Waals surface area contributed by atoms with E-state index in [1.807, 2.05) is 0 Å². The molecule has 6 rings (SSSR count). The average molecular weight is 484 g/mol. The number of fused-ring (bicyclic) bond motifs is 2. The van der Waals surface area contributed by atoms with Crippen molar-refractivity contribution in [1.82, 2.24) is 29.6 Å². The second kappa shape index (κ2) is 8.40. The van der Waals surface area contributed by atoms with Crippen LogP contribution in [0.5, 0.6) is 5.88 Å². The van der Waals surface area contributed by atoms with Crippen molar-refractivity contribution in [3.8, 4) is 17.0 Å². The number of benzene rings is 1. The number of methoxy groups -OCH3 is 1. The first-order valence-corrected chi connectivity index (χ1v) is 11.9. The van der Waals surface area contributed by atoms with Crippen molar-refractivity contribution in [3.63, 3.8) is 0 Å². The summed E-state index contributed by atoms with van der Waals surface area (Å²) < 4.78 is 42.8. The van der Waals surface area contributed by atoms with Crippen molar-refractivity contribution in [1.29, 1.82) is 0 Å². The largest absolute Gasteiger partial charge is 0.479 e. The van der Waals surface area contributed by atoms with Crippen LogP contribution in [0.25, 0.3) is 27.7 Å². The molecule has 3 aromatic heterocycles. The van der Waals surface area contributed by atoms with Gasteiger partial charge in [0.05, 0.1) is 44.1 Å². The molecule has 2 aliphatic rings. The van der Waals surface area contributed by atoms with Gasteiger partial charge in [0.25, 0.3) is 0 Å². The zero-order valence-electron chi connectivity index (χ0n) is 19.7. The van der Waals surface area contributed by atoms with Gasteiger partial charge in [-0.15, -0.1) is 10.2 Å². The van der Waals surface area contributed by atoms with Crippen LogP contribution >= 0.6 is 0 Å². The highest BCUT2D eigenvalue weighted by Gasteiger charge is 2.41. The maximum absolute atomic E-state index is 15.3. The van der Waals surface area contributed by atoms with Crippen molar-refractivity contribution in [2.45, 2.75) is 51.4 Å². The average Bonchev–Trinajstić information content (AvgIpc) is 3.37. The number of nitrogens with zero attached hydrogens (tertiary/aromatic N) is 6. The summed E-state index contributed by atoms with van der Waals surface area (Å²) in [6, 6.07) is 5.50. The molecule has 1 saturated heterocycles. The first kappa shape index (κ1) is 22.1. The number of alkyl halides is 1. The van der Waals surface area contributed by atoms with Gasteiger partial charge in [-0.25, -0.2) is 18.0 Å². The van der Waals surface area contributed by atoms with Crippen LogP contribution in [0.3, 0.4) is 0 Å². The molecule has 1 aliphatic heterocycles. The topological polar surface area (TPSA) is 91.4 Å². The fourth-order valence-corrected chi connectivity index (χ4v) is 5.23. The highest BCUT2D eigenvalue weighted by atomic mass is 19.1. The zero-order valence-corrected chi connectivity index (χ0v) is 19.7. The van der Waals surface area contributed by atoms with E-state index in [9.17, 15) is 4.39 Å². The highest BCUT2D eigenvalue weighted by Crippen LogP contribution is 2.43. The van der Waals surface area contributed by atoms with Gasteiger partial charge in [-0.05, 0) is 50.3 Å². The lowest BCUT2D eigenvalue weighted by Crippen LogP contribution is -2.47. The summed E-state index contributed by atoms with van der Waals surface area (Å²) in [7, 11) is 1.51. The van der Waals surface area contributed by atoms with Gasteiger partial charge in [-0.2, -0.15) is 4.98 Å². The smallest absolute Gasteiger partial charge is 0.244 e. The summed E-state index contributed by atoms with van der Waals surface area (Å²) in [6.45, 7) is 3.24. The molecule has 1 atom stereocenters. The molecule has 1 spiro atoms. The van der Waals surface area contributed by atoms with E-state index >= 15 is 4.39 Å². The molecule has 4 aromatic rings. The van der Waals surface area contributed by atoms with Crippen molar-refractivity contribution in [3.05, 3.63) is 30.2 Å². The summed E-state index contributed by atoms with van der Waals surface area (Å²) in [5.41, 5.74) is 2.89. The summed E-state index contributed by atoms with van der Waals surface area (Å²) >= 11 is 0. The molecular weight excluding hydrogens is 456 g/mol. The number of nitrogens with one attached hydrogen (secondary N) is 1. The minimum atomic E-state index is -1.09. The Hall–Kier alpha value is -3.34. The molecule has 0 radical (unpaired) electrons. The van der Waals surface area contributed by atoms with Crippen LogP contribution in [-0.2, 0) is 11.3 Å². The fourth-order valence-electron chi connectivity index (χ4n) is 5.23. The standard InChI is InChI=1S/C24H27F2N7O2/c1-14(25)10-32-19-9-15(3-4-18(19)29-31-32)20-17(26)11-33-21(20)22(34-2)28-23(30-33)27-16-5-7-24(8-6-16)12-35-13-24/h3-4,9,11,14,16H,5-8,10,12-13H2,1-2H3,(H,27,30)/t14-/m1/s1. The van der Waals surface area contributed by atoms with E-state index in [0.717, 1.165) is 38.9 Å². The van der Waals surface area contributed by atoms with Crippen molar-refractivity contribution >= 4 is 22.5 Å². The number of aromatic nitrogens is 6. The van der Waals surface area contributed by atoms with E-state index in [4.69, 9.17) is 9.47 Å². The maximum Gasteiger partial charge on any atom is 0.244 e. The number of hydrogen-bond donors (Lipinski definition) is 1. The molecule has 1 aliphatic carbocycles. The zero-order chi connectivity index (χ0) is 24.2. The number of halogens is 2. The van der Waals surface area contributed by atoms with Crippen LogP contribution in [0.2, 0.25) is 0 Å². The predicted octanol–water partition coefficient (Wildman–Crippen LogP) is 4.02. The Morgan fingerprint density at radius 2 is 2.09 bits per heavy atom. The van der Waals surface area contributed by atoms with Crippen LogP contribution in [0.1, 0.15) is 32.6 Å². The van der Waals surface area contributed by atoms with Crippen LogP contribution in [0, 0.1) is 11.2 Å². The molecular formula is C24H27F2N7O2. The molecule has 35 heavy (non-hydrogen) atoms. The molecule has 1 saturated carbocycles. The minimum Gasteiger partial charge on any atom is -0.479 e. The van der Waals surface area contributed by atoms with Gasteiger partial charge in [0.15, 0.2) is 5.82 Å². The Bertz CT molecular complexity index is 1390. The Balaban J connectivity index is 1.34. The van der Waals surface area contributed by atoms with E-state index < -0.39 is 12.0 Å². The van der Waals surface area contributed by atoms with Crippen LogP contribution in [0.4, 0.5) is 14.7 Å². The molecule has 1 aromatic carbocycles. The van der Waals surface area contributed by atoms with E-state index in [0.29, 0.717) is 39.0 Å². The SMILES string of the molecule is COc1nc(NC2CCC3(CC2)COC3)nn2cc(F)c(-c3ccc4nnn(C[C@@H](C)F)c4c3)c12. The molecule has 0 bridgehead atoms. The van der Waals surface area contributed by atoms with Crippen LogP contribution in [0.15, 0.2) is 24.4 Å². The molecule has 4 heterocycles. The molecule has 0 amide bonds. The van der Waals surface area contributed by atoms with Gasteiger partial charge in [0.1, 0.15) is 17.2 Å². The summed E-state index contributed by atoms with van der Waals surface area (Å²) in [5.74, 6) is 0.207. The van der Waals surface area contributed by atoms with Gasteiger partial charge in [-0.3, -0.25) is 0 Å². The second-order valence-electron chi connectivity index (χ2n) is 9.76. The van der Waals surface area contributed by atoms with Crippen LogP contribution in [-0.4, -0.2) is 62.1 Å². The summed E-state index contributed by atoms with van der Waals surface area (Å²) in [5, 5.41) is 16.0. The summed E-state index contributed by atoms with van der Waals surface area (Å²) in [4.78, 5) is 4.56. The third kappa shape index (κ3) is 3.87. The number of rotatable bonds is 6. The van der Waals surface area contributed by atoms with E-state index in [1.165, 1.54) is 29.4 Å². The molecule has 9 nitrogen and oxygen atoms in total. The van der Waals surface area contributed by atoms with Crippen LogP contribution < -0.4 is 10.1 Å². The lowest BCUT2D eigenvalue weighted by molar-refractivity contribution is -0.131. The molecule has 1 N–H and O–H groups in total. The molecule has 11 heteroatoms. The Morgan fingerprint density at radius 3 is 2.77 bits per heavy atom. The first-order chi connectivity index (χ1) is 16.9. The lowest BCUT2D eigenvalue weighted by Gasteiger charge is -2.46. The second-order valence-corrected chi connectivity index (χ2v) is 9.76. The van der Waals surface area contributed by atoms with Crippen molar-refractivity contribution in [2.24, 2.45) is 5.41 Å². The third-order valence-electron chi connectivity index (χ3n) is 7.17. The predicted molar refractivity (Wildman–Crippen MR) is 126 cm³/mol. The Labute approximate surface area is 200 Å². The Kier molecular flexibility index (Phi) is 5.32. The van der Waals surface area contributed by atoms with E-state index in [-0.39, 0.29) is 18.5 Å². The lowest BCUT2D eigenvalue weighted by atomic mass is 9.71. The monoisotopic (exact) mass is 483 g/mol. The van der Waals surface area contributed by atoms with E-state index in [2.05, 4.69) is 25.7 Å². The van der Waals surface area contributed by atoms with Crippen molar-refractivity contribution in [2.75, 3.05) is 25.6 Å². The van der Waals surface area contributed by atoms with Gasteiger partial charge >= 0.3 is 0 Å². The van der Waals surface area contributed by atoms with Crippen molar-refractivity contribution < 1.29 is 18.3 Å². The molecule has 2 fully saturated rings. The van der Waals surface area contributed by atoms with E-state index in [1.54, 1.807) is 18.2 Å². The first-order valence-electron chi connectivity index (χ1n) is 11.9. The minimum absolute atomic E-state index is 0.0652. The number of ether oxygens (including phenoxy) is 2. The van der Waals surface area contributed by atoms with Gasteiger partial charge < -0.3 is 14.8 Å². The van der Waals surface area contributed by atoms with Gasteiger partial charge in [0.2, 0.25) is 11.8 Å². The highest BCUT2D eigenvalue weighted by molar-refractivity contribution is 5.89. The number of hydrogen-bond acceptors (Lipinski definition) is 7. The number of anilines is 1. The Morgan fingerprint density at radius 1 is 1.29 bits per heavy atom. The maximum atomic E-state index is 15.3. The van der Waals surface area contributed by atoms with Gasteiger partial charge in [0, 0.05) is 11.5 Å². The summed E-state index contributed by atoms with van der Waals surface area (Å²) in [6.07, 6.45) is 4.48. The normalized spacial score (nSPS) is 18.7. The molecule has 184 valence electrons. The fraction of sp³-hybridized carbons (Fsp3) is 0.500. The quantitative estimate of drug-likeness (QED) is 0.443. The molecule has 0 unspecified atom stereocenters. The third-order valence-corrected chi connectivity index (χ3v) is 7.17.